The Balaban J connectivity index is 0.000001000. The van der Waals surface area contributed by atoms with Crippen LogP contribution in [0.3, 0.4) is 0 Å². The van der Waals surface area contributed by atoms with Crippen molar-refractivity contribution in [3.8, 4) is 0 Å². The van der Waals surface area contributed by atoms with Gasteiger partial charge in [0.25, 0.3) is 0 Å². The highest BCUT2D eigenvalue weighted by Gasteiger charge is 2.40. The number of likely N-dealkylation sites (tertiary alicyclic amines) is 1. The van der Waals surface area contributed by atoms with Crippen LogP contribution in [0.5, 0.6) is 0 Å². The molecule has 0 bridgehead atoms. The van der Waals surface area contributed by atoms with Crippen LogP contribution in [0.25, 0.3) is 0 Å². The molecular formula is C15H25Cl2N3. The van der Waals surface area contributed by atoms with Crippen molar-refractivity contribution in [2.45, 2.75) is 25.3 Å². The Bertz CT molecular complexity index is 416. The number of nitrogens with two attached hydrogens (primary N) is 1. The van der Waals surface area contributed by atoms with Gasteiger partial charge in [0, 0.05) is 37.2 Å². The second-order valence-electron chi connectivity index (χ2n) is 6.11. The number of benzene rings is 1. The maximum atomic E-state index is 5.75. The minimum absolute atomic E-state index is 0. The Labute approximate surface area is 134 Å². The number of halogens is 2. The van der Waals surface area contributed by atoms with Crippen LogP contribution in [0.2, 0.25) is 0 Å². The Kier molecular flexibility index (Phi) is 5.99. The third-order valence-electron chi connectivity index (χ3n) is 4.89. The molecule has 20 heavy (non-hydrogen) atoms. The molecule has 2 aliphatic rings. The lowest BCUT2D eigenvalue weighted by Gasteiger charge is -2.35. The van der Waals surface area contributed by atoms with Gasteiger partial charge in [0.15, 0.2) is 0 Å². The summed E-state index contributed by atoms with van der Waals surface area (Å²) in [5.41, 5.74) is 7.94. The van der Waals surface area contributed by atoms with E-state index in [0.717, 1.165) is 11.7 Å². The lowest BCUT2D eigenvalue weighted by molar-refractivity contribution is -0.919. The van der Waals surface area contributed by atoms with Crippen molar-refractivity contribution in [1.82, 2.24) is 0 Å². The Morgan fingerprint density at radius 3 is 2.35 bits per heavy atom. The summed E-state index contributed by atoms with van der Waals surface area (Å²) in [6.07, 6.45) is 4.16. The van der Waals surface area contributed by atoms with Crippen molar-refractivity contribution in [2.75, 3.05) is 43.9 Å². The Morgan fingerprint density at radius 2 is 1.75 bits per heavy atom. The first-order chi connectivity index (χ1) is 8.67. The van der Waals surface area contributed by atoms with E-state index in [1.165, 1.54) is 55.6 Å². The van der Waals surface area contributed by atoms with Gasteiger partial charge in [0.1, 0.15) is 6.04 Å². The monoisotopic (exact) mass is 317 g/mol. The molecule has 2 fully saturated rings. The molecule has 2 saturated heterocycles. The smallest absolute Gasteiger partial charge is 0.108 e. The van der Waals surface area contributed by atoms with E-state index in [-0.39, 0.29) is 24.8 Å². The van der Waals surface area contributed by atoms with Crippen molar-refractivity contribution in [3.05, 3.63) is 24.3 Å². The molecule has 0 amide bonds. The highest BCUT2D eigenvalue weighted by molar-refractivity contribution is 5.85. The number of quaternary nitrogens is 1. The molecule has 2 aliphatic heterocycles. The van der Waals surface area contributed by atoms with E-state index in [1.54, 1.807) is 0 Å². The summed E-state index contributed by atoms with van der Waals surface area (Å²) < 4.78 is 1.30. The zero-order valence-corrected chi connectivity index (χ0v) is 13.7. The van der Waals surface area contributed by atoms with Gasteiger partial charge in [0.05, 0.1) is 26.7 Å². The molecule has 114 valence electrons. The van der Waals surface area contributed by atoms with Crippen molar-refractivity contribution in [1.29, 1.82) is 0 Å². The van der Waals surface area contributed by atoms with E-state index in [2.05, 4.69) is 24.1 Å². The number of anilines is 2. The van der Waals surface area contributed by atoms with Gasteiger partial charge in [-0.15, -0.1) is 12.4 Å². The van der Waals surface area contributed by atoms with Crippen LogP contribution < -0.4 is 23.0 Å². The van der Waals surface area contributed by atoms with E-state index < -0.39 is 0 Å². The van der Waals surface area contributed by atoms with Crippen LogP contribution >= 0.6 is 12.4 Å². The average Bonchev–Trinajstić information content (AvgIpc) is 2.99. The van der Waals surface area contributed by atoms with Gasteiger partial charge in [0.2, 0.25) is 0 Å². The summed E-state index contributed by atoms with van der Waals surface area (Å²) in [4.78, 5) is 2.52. The molecule has 2 heterocycles. The zero-order chi connectivity index (χ0) is 12.6. The quantitative estimate of drug-likeness (QED) is 0.589. The van der Waals surface area contributed by atoms with Crippen LogP contribution in [0.15, 0.2) is 24.3 Å². The topological polar surface area (TPSA) is 29.3 Å². The number of hydrogen-bond acceptors (Lipinski definition) is 2. The van der Waals surface area contributed by atoms with Crippen LogP contribution in [-0.2, 0) is 0 Å². The maximum absolute atomic E-state index is 5.75. The van der Waals surface area contributed by atoms with Crippen molar-refractivity contribution >= 4 is 23.8 Å². The molecule has 1 atom stereocenters. The third-order valence-corrected chi connectivity index (χ3v) is 4.89. The standard InChI is InChI=1S/C15H24N3.2ClH/c1-18(10-2-3-11-18)15-8-9-17(12-15)14-6-4-13(16)5-7-14;;/h4-7,15H,2-3,8-12,16H2,1H3;2*1H/q+1;;/p-1. The van der Waals surface area contributed by atoms with Crippen LogP contribution in [0.4, 0.5) is 11.4 Å². The van der Waals surface area contributed by atoms with Gasteiger partial charge < -0.3 is 27.5 Å². The number of rotatable bonds is 2. The second-order valence-corrected chi connectivity index (χ2v) is 6.11. The Morgan fingerprint density at radius 1 is 1.15 bits per heavy atom. The fraction of sp³-hybridized carbons (Fsp3) is 0.600. The van der Waals surface area contributed by atoms with Crippen LogP contribution in [-0.4, -0.2) is 43.8 Å². The predicted octanol–water partition coefficient (Wildman–Crippen LogP) is -0.486. The summed E-state index contributed by atoms with van der Waals surface area (Å²) in [5, 5.41) is 0. The first-order valence-electron chi connectivity index (χ1n) is 7.12. The first-order valence-corrected chi connectivity index (χ1v) is 7.12. The molecule has 0 aromatic heterocycles. The number of nitrogen functional groups attached to an aromatic ring is 1. The fourth-order valence-electron chi connectivity index (χ4n) is 3.59. The van der Waals surface area contributed by atoms with Gasteiger partial charge >= 0.3 is 0 Å². The largest absolute Gasteiger partial charge is 1.00 e. The molecule has 1 aromatic rings. The van der Waals surface area contributed by atoms with E-state index in [9.17, 15) is 0 Å². The summed E-state index contributed by atoms with van der Waals surface area (Å²) >= 11 is 0. The molecule has 3 rings (SSSR count). The highest BCUT2D eigenvalue weighted by atomic mass is 35.5. The normalized spacial score (nSPS) is 24.1. The minimum Gasteiger partial charge on any atom is -1.00 e. The molecule has 2 N–H and O–H groups in total. The number of hydrogen-bond donors (Lipinski definition) is 1. The molecule has 0 spiro atoms. The van der Waals surface area contributed by atoms with E-state index in [4.69, 9.17) is 5.73 Å². The highest BCUT2D eigenvalue weighted by Crippen LogP contribution is 2.30. The third kappa shape index (κ3) is 3.33. The SMILES string of the molecule is C[N+]1(C2CCN(c3ccc(N)cc3)C2)CCCC1.Cl.[Cl-]. The molecular weight excluding hydrogens is 293 g/mol. The minimum atomic E-state index is 0. The molecule has 3 nitrogen and oxygen atoms in total. The average molecular weight is 318 g/mol. The van der Waals surface area contributed by atoms with Gasteiger partial charge in [-0.3, -0.25) is 0 Å². The summed E-state index contributed by atoms with van der Waals surface area (Å²) in [6, 6.07) is 9.15. The van der Waals surface area contributed by atoms with Gasteiger partial charge in [-0.2, -0.15) is 0 Å². The van der Waals surface area contributed by atoms with Gasteiger partial charge in [-0.05, 0) is 24.3 Å². The number of likely N-dealkylation sites (N-methyl/N-ethyl adjacent to an activating group) is 1. The lowest BCUT2D eigenvalue weighted by atomic mass is 10.2. The van der Waals surface area contributed by atoms with Gasteiger partial charge in [-0.1, -0.05) is 0 Å². The van der Waals surface area contributed by atoms with E-state index in [1.807, 2.05) is 12.1 Å². The summed E-state index contributed by atoms with van der Waals surface area (Å²) in [7, 11) is 2.45. The van der Waals surface area contributed by atoms with Crippen molar-refractivity contribution in [3.63, 3.8) is 0 Å². The maximum Gasteiger partial charge on any atom is 0.108 e. The number of nitrogens with zero attached hydrogens (tertiary/aromatic N) is 2. The predicted molar refractivity (Wildman–Crippen MR) is 83.9 cm³/mol. The van der Waals surface area contributed by atoms with E-state index in [0.29, 0.717) is 0 Å². The summed E-state index contributed by atoms with van der Waals surface area (Å²) in [6.45, 7) is 5.16. The van der Waals surface area contributed by atoms with Crippen molar-refractivity contribution in [2.24, 2.45) is 0 Å². The first kappa shape index (κ1) is 17.4. The summed E-state index contributed by atoms with van der Waals surface area (Å²) in [5.74, 6) is 0. The molecule has 1 unspecified atom stereocenters. The lowest BCUT2D eigenvalue weighted by Crippen LogP contribution is -3.00. The van der Waals surface area contributed by atoms with Gasteiger partial charge in [-0.25, -0.2) is 0 Å². The molecule has 0 radical (unpaired) electrons. The van der Waals surface area contributed by atoms with Crippen LogP contribution in [0.1, 0.15) is 19.3 Å². The molecule has 0 saturated carbocycles. The van der Waals surface area contributed by atoms with Crippen molar-refractivity contribution < 1.29 is 16.9 Å². The zero-order valence-electron chi connectivity index (χ0n) is 12.1. The van der Waals surface area contributed by atoms with Crippen LogP contribution in [0, 0.1) is 0 Å². The van der Waals surface area contributed by atoms with E-state index >= 15 is 0 Å². The fourth-order valence-corrected chi connectivity index (χ4v) is 3.59. The molecule has 5 heteroatoms. The molecule has 0 aliphatic carbocycles. The molecule has 1 aromatic carbocycles. The Hall–Kier alpha value is -0.640. The second kappa shape index (κ2) is 6.88.